The Morgan fingerprint density at radius 3 is 2.67 bits per heavy atom. The van der Waals surface area contributed by atoms with E-state index in [4.69, 9.17) is 28.9 Å². The van der Waals surface area contributed by atoms with Crippen molar-refractivity contribution in [1.82, 2.24) is 14.8 Å². The Bertz CT molecular complexity index is 507. The second kappa shape index (κ2) is 3.72. The maximum Gasteiger partial charge on any atom is 0.223 e. The van der Waals surface area contributed by atoms with Crippen LogP contribution in [0.2, 0.25) is 10.0 Å². The molecular formula is C9H8Cl2N4. The van der Waals surface area contributed by atoms with Gasteiger partial charge in [0.05, 0.1) is 10.0 Å². The smallest absolute Gasteiger partial charge is 0.223 e. The van der Waals surface area contributed by atoms with Crippen LogP contribution in [0.5, 0.6) is 0 Å². The molecule has 0 radical (unpaired) electrons. The molecule has 2 N–H and O–H groups in total. The first-order valence-corrected chi connectivity index (χ1v) is 4.97. The molecule has 1 heterocycles. The fraction of sp³-hybridized carbons (Fsp3) is 0.111. The highest BCUT2D eigenvalue weighted by molar-refractivity contribution is 6.38. The van der Waals surface area contributed by atoms with Crippen molar-refractivity contribution in [3.63, 3.8) is 0 Å². The summed E-state index contributed by atoms with van der Waals surface area (Å²) in [6.45, 7) is 1.88. The van der Waals surface area contributed by atoms with Crippen LogP contribution < -0.4 is 5.73 Å². The van der Waals surface area contributed by atoms with Crippen molar-refractivity contribution in [2.75, 3.05) is 5.73 Å². The first-order chi connectivity index (χ1) is 7.11. The summed E-state index contributed by atoms with van der Waals surface area (Å²) in [5.41, 5.74) is 7.10. The molecule has 0 aliphatic rings. The molecule has 0 atom stereocenters. The number of nitrogens with two attached hydrogens (primary N) is 1. The zero-order valence-electron chi connectivity index (χ0n) is 7.91. The minimum Gasteiger partial charge on any atom is -0.368 e. The molecule has 0 fully saturated rings. The van der Waals surface area contributed by atoms with Gasteiger partial charge >= 0.3 is 0 Å². The summed E-state index contributed by atoms with van der Waals surface area (Å²) in [5.74, 6) is 0.254. The molecule has 0 unspecified atom stereocenters. The maximum atomic E-state index is 6.13. The predicted octanol–water partition coefficient (Wildman–Crippen LogP) is 2.46. The molecule has 1 aromatic heterocycles. The van der Waals surface area contributed by atoms with Crippen LogP contribution >= 0.6 is 23.2 Å². The molecule has 4 nitrogen and oxygen atoms in total. The van der Waals surface area contributed by atoms with Gasteiger partial charge in [-0.15, -0.1) is 0 Å². The van der Waals surface area contributed by atoms with Gasteiger partial charge in [-0.05, 0) is 18.6 Å². The number of hydrogen-bond donors (Lipinski definition) is 1. The summed E-state index contributed by atoms with van der Waals surface area (Å²) in [6, 6.07) is 3.58. The molecule has 0 spiro atoms. The third-order valence-corrected chi connectivity index (χ3v) is 2.83. The van der Waals surface area contributed by atoms with Crippen molar-refractivity contribution in [3.8, 4) is 5.69 Å². The van der Waals surface area contributed by atoms with Crippen LogP contribution in [0, 0.1) is 6.92 Å². The van der Waals surface area contributed by atoms with Gasteiger partial charge in [0.2, 0.25) is 5.95 Å². The van der Waals surface area contributed by atoms with Gasteiger partial charge in [0.1, 0.15) is 12.0 Å². The molecule has 15 heavy (non-hydrogen) atoms. The zero-order valence-corrected chi connectivity index (χ0v) is 9.42. The van der Waals surface area contributed by atoms with E-state index in [1.807, 2.05) is 13.0 Å². The average Bonchev–Trinajstić information content (AvgIpc) is 2.60. The maximum absolute atomic E-state index is 6.13. The van der Waals surface area contributed by atoms with Crippen molar-refractivity contribution >= 4 is 29.2 Å². The van der Waals surface area contributed by atoms with Gasteiger partial charge in [-0.3, -0.25) is 0 Å². The van der Waals surface area contributed by atoms with Crippen LogP contribution in [0.25, 0.3) is 5.69 Å². The second-order valence-electron chi connectivity index (χ2n) is 3.06. The molecule has 0 saturated heterocycles. The summed E-state index contributed by atoms with van der Waals surface area (Å²) >= 11 is 12.2. The fourth-order valence-electron chi connectivity index (χ4n) is 1.26. The van der Waals surface area contributed by atoms with E-state index in [1.165, 1.54) is 11.0 Å². The summed E-state index contributed by atoms with van der Waals surface area (Å²) in [5, 5.41) is 4.98. The lowest BCUT2D eigenvalue weighted by atomic mass is 10.2. The molecule has 0 saturated carbocycles. The highest BCUT2D eigenvalue weighted by Crippen LogP contribution is 2.31. The Balaban J connectivity index is 2.72. The van der Waals surface area contributed by atoms with E-state index < -0.39 is 0 Å². The number of aromatic nitrogens is 3. The molecule has 6 heteroatoms. The Morgan fingerprint density at radius 2 is 2.07 bits per heavy atom. The van der Waals surface area contributed by atoms with Crippen molar-refractivity contribution < 1.29 is 0 Å². The Hall–Kier alpha value is -1.26. The molecule has 2 aromatic rings. The normalized spacial score (nSPS) is 10.6. The third-order valence-electron chi connectivity index (χ3n) is 2.05. The first-order valence-electron chi connectivity index (χ1n) is 4.21. The minimum absolute atomic E-state index is 0.254. The van der Waals surface area contributed by atoms with Gasteiger partial charge in [-0.1, -0.05) is 29.3 Å². The molecule has 2 rings (SSSR count). The Labute approximate surface area is 96.6 Å². The van der Waals surface area contributed by atoms with Crippen molar-refractivity contribution in [2.24, 2.45) is 0 Å². The lowest BCUT2D eigenvalue weighted by molar-refractivity contribution is 0.889. The summed E-state index contributed by atoms with van der Waals surface area (Å²) < 4.78 is 1.41. The summed E-state index contributed by atoms with van der Waals surface area (Å²) in [6.07, 6.45) is 1.35. The van der Waals surface area contributed by atoms with E-state index in [1.54, 1.807) is 6.07 Å². The van der Waals surface area contributed by atoms with Crippen LogP contribution in [-0.2, 0) is 0 Å². The highest BCUT2D eigenvalue weighted by Gasteiger charge is 2.13. The lowest BCUT2D eigenvalue weighted by Crippen LogP contribution is -2.04. The van der Waals surface area contributed by atoms with Crippen LogP contribution in [0.15, 0.2) is 18.5 Å². The number of hydrogen-bond acceptors (Lipinski definition) is 3. The number of halogens is 2. The molecule has 0 bridgehead atoms. The van der Waals surface area contributed by atoms with Crippen molar-refractivity contribution in [3.05, 3.63) is 34.1 Å². The number of aryl methyl sites for hydroxylation is 1. The number of nitrogen functional groups attached to an aromatic ring is 1. The van der Waals surface area contributed by atoms with E-state index in [0.717, 1.165) is 5.56 Å². The second-order valence-corrected chi connectivity index (χ2v) is 3.84. The number of nitrogens with zero attached hydrogens (tertiary/aromatic N) is 3. The summed E-state index contributed by atoms with van der Waals surface area (Å²) in [7, 11) is 0. The van der Waals surface area contributed by atoms with Crippen LogP contribution in [0.1, 0.15) is 5.56 Å². The number of benzene rings is 1. The quantitative estimate of drug-likeness (QED) is 0.836. The Morgan fingerprint density at radius 1 is 1.33 bits per heavy atom. The standard InChI is InChI=1S/C9H8Cl2N4/c1-5-2-3-6(10)8(7(5)11)15-9(12)13-4-14-15/h2-4H,1H3,(H2,12,13,14). The zero-order chi connectivity index (χ0) is 11.0. The van der Waals surface area contributed by atoms with E-state index >= 15 is 0 Å². The van der Waals surface area contributed by atoms with E-state index in [9.17, 15) is 0 Å². The lowest BCUT2D eigenvalue weighted by Gasteiger charge is -2.09. The third kappa shape index (κ3) is 1.66. The molecule has 1 aromatic carbocycles. The molecule has 0 amide bonds. The monoisotopic (exact) mass is 242 g/mol. The van der Waals surface area contributed by atoms with E-state index in [-0.39, 0.29) is 5.95 Å². The SMILES string of the molecule is Cc1ccc(Cl)c(-n2ncnc2N)c1Cl. The largest absolute Gasteiger partial charge is 0.368 e. The molecule has 78 valence electrons. The van der Waals surface area contributed by atoms with Crippen LogP contribution in [-0.4, -0.2) is 14.8 Å². The highest BCUT2D eigenvalue weighted by atomic mass is 35.5. The summed E-state index contributed by atoms with van der Waals surface area (Å²) in [4.78, 5) is 3.82. The van der Waals surface area contributed by atoms with Crippen molar-refractivity contribution in [2.45, 2.75) is 6.92 Å². The first kappa shape index (κ1) is 10.3. The van der Waals surface area contributed by atoms with Gasteiger partial charge in [-0.25, -0.2) is 0 Å². The molecular weight excluding hydrogens is 235 g/mol. The minimum atomic E-state index is 0.254. The van der Waals surface area contributed by atoms with Gasteiger partial charge in [-0.2, -0.15) is 14.8 Å². The van der Waals surface area contributed by atoms with E-state index in [0.29, 0.717) is 15.7 Å². The van der Waals surface area contributed by atoms with Gasteiger partial charge in [0, 0.05) is 0 Å². The van der Waals surface area contributed by atoms with Crippen molar-refractivity contribution in [1.29, 1.82) is 0 Å². The topological polar surface area (TPSA) is 56.7 Å². The average molecular weight is 243 g/mol. The number of rotatable bonds is 1. The number of anilines is 1. The predicted molar refractivity (Wildman–Crippen MR) is 60.5 cm³/mol. The van der Waals surface area contributed by atoms with Crippen LogP contribution in [0.4, 0.5) is 5.95 Å². The van der Waals surface area contributed by atoms with Gasteiger partial charge in [0.25, 0.3) is 0 Å². The molecule has 0 aliphatic carbocycles. The fourth-order valence-corrected chi connectivity index (χ4v) is 1.79. The van der Waals surface area contributed by atoms with Gasteiger partial charge in [0.15, 0.2) is 0 Å². The van der Waals surface area contributed by atoms with E-state index in [2.05, 4.69) is 10.1 Å². The van der Waals surface area contributed by atoms with Crippen LogP contribution in [0.3, 0.4) is 0 Å². The Kier molecular flexibility index (Phi) is 2.54. The molecule has 0 aliphatic heterocycles. The van der Waals surface area contributed by atoms with Gasteiger partial charge < -0.3 is 5.73 Å².